The molecule has 3 rings (SSSR count). The van der Waals surface area contributed by atoms with Gasteiger partial charge in [0.2, 0.25) is 11.8 Å². The van der Waals surface area contributed by atoms with Crippen LogP contribution in [0.4, 0.5) is 11.4 Å². The maximum atomic E-state index is 12.9. The minimum atomic E-state index is -0.372. The highest BCUT2D eigenvalue weighted by molar-refractivity contribution is 5.99. The molecule has 0 saturated heterocycles. The number of carbonyl (C=O) groups excluding carboxylic acids is 2. The van der Waals surface area contributed by atoms with Crippen molar-refractivity contribution in [2.24, 2.45) is 0 Å². The van der Waals surface area contributed by atoms with Gasteiger partial charge in [0.05, 0.1) is 12.6 Å². The van der Waals surface area contributed by atoms with Gasteiger partial charge in [-0.1, -0.05) is 43.3 Å². The van der Waals surface area contributed by atoms with Gasteiger partial charge in [0.25, 0.3) is 0 Å². The number of carbonyl (C=O) groups is 2. The van der Waals surface area contributed by atoms with E-state index in [1.165, 1.54) is 5.56 Å². The Morgan fingerprint density at radius 3 is 2.63 bits per heavy atom. The Balaban J connectivity index is 1.61. The van der Waals surface area contributed by atoms with Gasteiger partial charge in [-0.2, -0.15) is 0 Å². The lowest BCUT2D eigenvalue weighted by Crippen LogP contribution is -2.47. The highest BCUT2D eigenvalue weighted by Crippen LogP contribution is 2.28. The Labute approximate surface area is 161 Å². The molecule has 1 N–H and O–H groups in total. The first-order chi connectivity index (χ1) is 13.0. The number of likely N-dealkylation sites (N-methyl/N-ethyl adjacent to an activating group) is 1. The zero-order valence-electron chi connectivity index (χ0n) is 16.2. The van der Waals surface area contributed by atoms with Gasteiger partial charge < -0.3 is 10.2 Å². The number of hydrogen-bond donors (Lipinski definition) is 1. The largest absolute Gasteiger partial charge is 0.325 e. The number of nitrogens with one attached hydrogen (secondary N) is 1. The number of fused-ring (bicyclic) bond motifs is 1. The van der Waals surface area contributed by atoms with Gasteiger partial charge in [-0.05, 0) is 50.1 Å². The van der Waals surface area contributed by atoms with E-state index in [2.05, 4.69) is 18.3 Å². The Bertz CT molecular complexity index is 834. The summed E-state index contributed by atoms with van der Waals surface area (Å²) in [6.07, 6.45) is 1.74. The molecule has 0 saturated carbocycles. The average molecular weight is 365 g/mol. The third kappa shape index (κ3) is 4.19. The first-order valence-corrected chi connectivity index (χ1v) is 9.48. The third-order valence-electron chi connectivity index (χ3n) is 5.24. The molecule has 0 fully saturated rings. The highest BCUT2D eigenvalue weighted by atomic mass is 16.2. The summed E-state index contributed by atoms with van der Waals surface area (Å²) in [6.45, 7) is 4.79. The number of rotatable bonds is 6. The van der Waals surface area contributed by atoms with Crippen LogP contribution < -0.4 is 10.2 Å². The lowest BCUT2D eigenvalue weighted by Gasteiger charge is -2.28. The highest BCUT2D eigenvalue weighted by Gasteiger charge is 2.30. The summed E-state index contributed by atoms with van der Waals surface area (Å²) >= 11 is 0. The minimum absolute atomic E-state index is 0.0317. The van der Waals surface area contributed by atoms with E-state index in [0.717, 1.165) is 29.8 Å². The molecule has 5 nitrogen and oxygen atoms in total. The van der Waals surface area contributed by atoms with Gasteiger partial charge in [0.1, 0.15) is 0 Å². The molecule has 2 aromatic rings. The standard InChI is InChI=1S/C22H27N3O2/c1-4-17-9-5-7-11-19(17)23-21(26)15-24(3)16(2)22(27)25-14-13-18-10-6-8-12-20(18)25/h5-12,16H,4,13-15H2,1-3H3,(H,23,26)/t16-/m1/s1. The lowest BCUT2D eigenvalue weighted by atomic mass is 10.1. The van der Waals surface area contributed by atoms with Gasteiger partial charge in [-0.25, -0.2) is 0 Å². The fraction of sp³-hybridized carbons (Fsp3) is 0.364. The monoisotopic (exact) mass is 365 g/mol. The summed E-state index contributed by atoms with van der Waals surface area (Å²) in [5, 5.41) is 2.97. The van der Waals surface area contributed by atoms with E-state index >= 15 is 0 Å². The second-order valence-corrected chi connectivity index (χ2v) is 7.02. The summed E-state index contributed by atoms with van der Waals surface area (Å²) < 4.78 is 0. The average Bonchev–Trinajstić information content (AvgIpc) is 3.11. The van der Waals surface area contributed by atoms with Crippen LogP contribution in [0.5, 0.6) is 0 Å². The van der Waals surface area contributed by atoms with Gasteiger partial charge in [-0.15, -0.1) is 0 Å². The Morgan fingerprint density at radius 2 is 1.85 bits per heavy atom. The van der Waals surface area contributed by atoms with Gasteiger partial charge in [0, 0.05) is 17.9 Å². The summed E-state index contributed by atoms with van der Waals surface area (Å²) in [5.74, 6) is -0.0796. The minimum Gasteiger partial charge on any atom is -0.325 e. The van der Waals surface area contributed by atoms with E-state index in [4.69, 9.17) is 0 Å². The molecule has 0 aromatic heterocycles. The van der Waals surface area contributed by atoms with Crippen LogP contribution in [-0.2, 0) is 22.4 Å². The number of anilines is 2. The number of para-hydroxylation sites is 2. The number of hydrogen-bond acceptors (Lipinski definition) is 3. The van der Waals surface area contributed by atoms with Crippen molar-refractivity contribution in [1.82, 2.24) is 4.90 Å². The third-order valence-corrected chi connectivity index (χ3v) is 5.24. The zero-order chi connectivity index (χ0) is 19.4. The smallest absolute Gasteiger partial charge is 0.244 e. The van der Waals surface area contributed by atoms with Crippen LogP contribution in [0.1, 0.15) is 25.0 Å². The van der Waals surface area contributed by atoms with Crippen LogP contribution in [0.25, 0.3) is 0 Å². The number of benzene rings is 2. The first-order valence-electron chi connectivity index (χ1n) is 9.48. The maximum Gasteiger partial charge on any atom is 0.244 e. The number of nitrogens with zero attached hydrogens (tertiary/aromatic N) is 2. The zero-order valence-corrected chi connectivity index (χ0v) is 16.2. The van der Waals surface area contributed by atoms with Crippen molar-refractivity contribution in [3.05, 3.63) is 59.7 Å². The summed E-state index contributed by atoms with van der Waals surface area (Å²) in [5.41, 5.74) is 4.14. The Morgan fingerprint density at radius 1 is 1.15 bits per heavy atom. The second-order valence-electron chi connectivity index (χ2n) is 7.02. The fourth-order valence-electron chi connectivity index (χ4n) is 3.48. The maximum absolute atomic E-state index is 12.9. The topological polar surface area (TPSA) is 52.7 Å². The molecule has 27 heavy (non-hydrogen) atoms. The first kappa shape index (κ1) is 19.1. The van der Waals surface area contributed by atoms with Crippen LogP contribution in [0.2, 0.25) is 0 Å². The fourth-order valence-corrected chi connectivity index (χ4v) is 3.48. The molecule has 1 atom stereocenters. The van der Waals surface area contributed by atoms with Crippen molar-refractivity contribution < 1.29 is 9.59 Å². The quantitative estimate of drug-likeness (QED) is 0.856. The predicted molar refractivity (Wildman–Crippen MR) is 109 cm³/mol. The molecule has 1 heterocycles. The number of amides is 2. The van der Waals surface area contributed by atoms with Crippen molar-refractivity contribution >= 4 is 23.2 Å². The van der Waals surface area contributed by atoms with Gasteiger partial charge in [0.15, 0.2) is 0 Å². The molecule has 142 valence electrons. The van der Waals surface area contributed by atoms with Gasteiger partial charge >= 0.3 is 0 Å². The van der Waals surface area contributed by atoms with E-state index in [1.54, 1.807) is 4.90 Å². The predicted octanol–water partition coefficient (Wildman–Crippen LogP) is 3.10. The van der Waals surface area contributed by atoms with Crippen molar-refractivity contribution in [2.75, 3.05) is 30.4 Å². The van der Waals surface area contributed by atoms with Crippen LogP contribution >= 0.6 is 0 Å². The molecule has 2 amide bonds. The van der Waals surface area contributed by atoms with Crippen molar-refractivity contribution in [3.8, 4) is 0 Å². The summed E-state index contributed by atoms with van der Waals surface area (Å²) in [6, 6.07) is 15.4. The summed E-state index contributed by atoms with van der Waals surface area (Å²) in [7, 11) is 1.82. The van der Waals surface area contributed by atoms with E-state index in [9.17, 15) is 9.59 Å². The molecule has 0 aliphatic carbocycles. The van der Waals surface area contributed by atoms with Crippen LogP contribution in [0.3, 0.4) is 0 Å². The van der Waals surface area contributed by atoms with E-state index in [1.807, 2.05) is 61.3 Å². The molecule has 0 bridgehead atoms. The van der Waals surface area contributed by atoms with Gasteiger partial charge in [-0.3, -0.25) is 14.5 Å². The normalized spacial score (nSPS) is 14.1. The van der Waals surface area contributed by atoms with Crippen LogP contribution in [0, 0.1) is 0 Å². The van der Waals surface area contributed by atoms with E-state index in [0.29, 0.717) is 6.54 Å². The van der Waals surface area contributed by atoms with Crippen molar-refractivity contribution in [3.63, 3.8) is 0 Å². The molecule has 1 aliphatic rings. The molecule has 2 aromatic carbocycles. The molecule has 5 heteroatoms. The molecular formula is C22H27N3O2. The van der Waals surface area contributed by atoms with Crippen molar-refractivity contribution in [1.29, 1.82) is 0 Å². The SMILES string of the molecule is CCc1ccccc1NC(=O)CN(C)[C@H](C)C(=O)N1CCc2ccccc21. The molecule has 0 unspecified atom stereocenters. The summed E-state index contributed by atoms with van der Waals surface area (Å²) in [4.78, 5) is 29.0. The second kappa shape index (κ2) is 8.35. The van der Waals surface area contributed by atoms with Crippen LogP contribution in [-0.4, -0.2) is 42.9 Å². The molecule has 0 spiro atoms. The lowest BCUT2D eigenvalue weighted by molar-refractivity contribution is -0.124. The molecule has 0 radical (unpaired) electrons. The van der Waals surface area contributed by atoms with Crippen molar-refractivity contribution in [2.45, 2.75) is 32.7 Å². The number of aryl methyl sites for hydroxylation is 1. The Kier molecular flexibility index (Phi) is 5.91. The van der Waals surface area contributed by atoms with Crippen LogP contribution in [0.15, 0.2) is 48.5 Å². The molecular weight excluding hydrogens is 338 g/mol. The van der Waals surface area contributed by atoms with E-state index < -0.39 is 0 Å². The molecule has 1 aliphatic heterocycles. The Hall–Kier alpha value is -2.66. The van der Waals surface area contributed by atoms with E-state index in [-0.39, 0.29) is 24.4 Å².